The SMILES string of the molecule is COc1ccccc1C[C@H](C(=O)Nc1ccc(C)cc1)c1nnn[n-]1. The second-order valence-electron chi connectivity index (χ2n) is 5.66. The lowest BCUT2D eigenvalue weighted by atomic mass is 9.97. The quantitative estimate of drug-likeness (QED) is 0.741. The number of para-hydroxylation sites is 1. The number of rotatable bonds is 6. The van der Waals surface area contributed by atoms with Crippen molar-refractivity contribution >= 4 is 11.6 Å². The average molecular weight is 336 g/mol. The molecule has 7 heteroatoms. The summed E-state index contributed by atoms with van der Waals surface area (Å²) in [6, 6.07) is 15.1. The Kier molecular flexibility index (Phi) is 5.03. The molecule has 0 unspecified atom stereocenters. The van der Waals surface area contributed by atoms with E-state index < -0.39 is 5.92 Å². The van der Waals surface area contributed by atoms with Gasteiger partial charge in [0, 0.05) is 11.5 Å². The van der Waals surface area contributed by atoms with Crippen LogP contribution in [-0.4, -0.2) is 28.5 Å². The monoisotopic (exact) mass is 336 g/mol. The first-order valence-electron chi connectivity index (χ1n) is 7.85. The van der Waals surface area contributed by atoms with E-state index in [2.05, 4.69) is 25.9 Å². The predicted octanol–water partition coefficient (Wildman–Crippen LogP) is 2.11. The average Bonchev–Trinajstić information content (AvgIpc) is 3.16. The molecular weight excluding hydrogens is 318 g/mol. The van der Waals surface area contributed by atoms with Crippen LogP contribution in [0.5, 0.6) is 5.75 Å². The number of methoxy groups -OCH3 is 1. The Balaban J connectivity index is 1.84. The van der Waals surface area contributed by atoms with Gasteiger partial charge in [0.2, 0.25) is 5.91 Å². The largest absolute Gasteiger partial charge is 0.496 e. The molecule has 0 bridgehead atoms. The molecule has 25 heavy (non-hydrogen) atoms. The van der Waals surface area contributed by atoms with Crippen molar-refractivity contribution in [3.05, 3.63) is 65.5 Å². The van der Waals surface area contributed by atoms with Crippen LogP contribution in [0.4, 0.5) is 5.69 Å². The third kappa shape index (κ3) is 4.00. The zero-order chi connectivity index (χ0) is 17.6. The van der Waals surface area contributed by atoms with Crippen molar-refractivity contribution in [2.75, 3.05) is 12.4 Å². The van der Waals surface area contributed by atoms with Crippen LogP contribution in [0.2, 0.25) is 0 Å². The number of tetrazole rings is 1. The molecule has 128 valence electrons. The molecule has 0 aliphatic carbocycles. The zero-order valence-electron chi connectivity index (χ0n) is 14.0. The fraction of sp³-hybridized carbons (Fsp3) is 0.222. The Bertz CT molecular complexity index is 831. The molecular formula is C18H18N5O2-. The number of ether oxygens (including phenoxy) is 1. The first kappa shape index (κ1) is 16.6. The Hall–Kier alpha value is -3.22. The van der Waals surface area contributed by atoms with Crippen LogP contribution < -0.4 is 15.2 Å². The van der Waals surface area contributed by atoms with Gasteiger partial charge < -0.3 is 15.2 Å². The standard InChI is InChI=1S/C18H19N5O2/c1-12-7-9-14(10-8-12)19-18(24)15(17-20-22-23-21-17)11-13-5-3-4-6-16(13)25-2/h3-10,15H,11H2,1-2H3,(H2,19,20,21,22,23,24)/p-1/t15-/m0/s1. The van der Waals surface area contributed by atoms with E-state index in [-0.39, 0.29) is 11.7 Å². The number of anilines is 1. The molecule has 7 nitrogen and oxygen atoms in total. The molecule has 0 aliphatic rings. The van der Waals surface area contributed by atoms with Crippen LogP contribution in [0.15, 0.2) is 48.5 Å². The van der Waals surface area contributed by atoms with Crippen molar-refractivity contribution < 1.29 is 9.53 Å². The zero-order valence-corrected chi connectivity index (χ0v) is 14.0. The number of benzene rings is 2. The molecule has 0 fully saturated rings. The summed E-state index contributed by atoms with van der Waals surface area (Å²) in [5, 5.41) is 17.7. The molecule has 2 aromatic carbocycles. The minimum Gasteiger partial charge on any atom is -0.496 e. The van der Waals surface area contributed by atoms with Gasteiger partial charge in [-0.05, 0) is 37.1 Å². The number of carbonyl (C=O) groups is 1. The van der Waals surface area contributed by atoms with Gasteiger partial charge in [0.05, 0.1) is 13.0 Å². The maximum atomic E-state index is 12.8. The van der Waals surface area contributed by atoms with Crippen LogP contribution in [0, 0.1) is 6.92 Å². The summed E-state index contributed by atoms with van der Waals surface area (Å²) in [6.45, 7) is 1.99. The minimum absolute atomic E-state index is 0.218. The summed E-state index contributed by atoms with van der Waals surface area (Å²) in [4.78, 5) is 12.8. The highest BCUT2D eigenvalue weighted by Gasteiger charge is 2.22. The first-order chi connectivity index (χ1) is 12.2. The van der Waals surface area contributed by atoms with E-state index >= 15 is 0 Å². The van der Waals surface area contributed by atoms with Crippen LogP contribution in [0.25, 0.3) is 0 Å². The predicted molar refractivity (Wildman–Crippen MR) is 92.4 cm³/mol. The fourth-order valence-corrected chi connectivity index (χ4v) is 2.55. The molecule has 1 heterocycles. The van der Waals surface area contributed by atoms with Gasteiger partial charge in [0.15, 0.2) is 0 Å². The molecule has 1 aromatic heterocycles. The molecule has 0 saturated carbocycles. The van der Waals surface area contributed by atoms with Crippen molar-refractivity contribution in [3.8, 4) is 5.75 Å². The molecule has 0 saturated heterocycles. The Labute approximate surface area is 145 Å². The van der Waals surface area contributed by atoms with Gasteiger partial charge >= 0.3 is 0 Å². The van der Waals surface area contributed by atoms with E-state index in [1.165, 1.54) is 0 Å². The Morgan fingerprint density at radius 1 is 1.20 bits per heavy atom. The lowest BCUT2D eigenvalue weighted by Gasteiger charge is -2.18. The highest BCUT2D eigenvalue weighted by Crippen LogP contribution is 2.25. The molecule has 0 radical (unpaired) electrons. The maximum Gasteiger partial charge on any atom is 0.232 e. The molecule has 0 aliphatic heterocycles. The summed E-state index contributed by atoms with van der Waals surface area (Å²) >= 11 is 0. The van der Waals surface area contributed by atoms with Crippen LogP contribution in [0.1, 0.15) is 22.9 Å². The van der Waals surface area contributed by atoms with E-state index in [0.717, 1.165) is 11.1 Å². The van der Waals surface area contributed by atoms with Gasteiger partial charge in [-0.25, -0.2) is 0 Å². The van der Waals surface area contributed by atoms with Gasteiger partial charge in [-0.2, -0.15) is 5.21 Å². The van der Waals surface area contributed by atoms with Crippen LogP contribution in [-0.2, 0) is 11.2 Å². The summed E-state index contributed by atoms with van der Waals surface area (Å²) in [5.41, 5.74) is 2.73. The number of nitrogens with zero attached hydrogens (tertiary/aromatic N) is 4. The minimum atomic E-state index is -0.618. The van der Waals surface area contributed by atoms with Crippen molar-refractivity contribution in [2.45, 2.75) is 19.3 Å². The first-order valence-corrected chi connectivity index (χ1v) is 7.85. The van der Waals surface area contributed by atoms with E-state index in [9.17, 15) is 4.79 Å². The number of aromatic nitrogens is 4. The van der Waals surface area contributed by atoms with Crippen molar-refractivity contribution in [2.24, 2.45) is 0 Å². The van der Waals surface area contributed by atoms with E-state index in [4.69, 9.17) is 4.74 Å². The highest BCUT2D eigenvalue weighted by atomic mass is 16.5. The molecule has 1 amide bonds. The lowest BCUT2D eigenvalue weighted by Crippen LogP contribution is -2.24. The molecule has 3 aromatic rings. The molecule has 1 N–H and O–H groups in total. The number of carbonyl (C=O) groups excluding carboxylic acids is 1. The smallest absolute Gasteiger partial charge is 0.232 e. The topological polar surface area (TPSA) is 91.1 Å². The van der Waals surface area contributed by atoms with Gasteiger partial charge in [-0.15, -0.1) is 0 Å². The number of nitrogens with one attached hydrogen (secondary N) is 1. The van der Waals surface area contributed by atoms with Gasteiger partial charge in [-0.3, -0.25) is 15.1 Å². The van der Waals surface area contributed by atoms with E-state index in [1.54, 1.807) is 7.11 Å². The molecule has 1 atom stereocenters. The van der Waals surface area contributed by atoms with Crippen LogP contribution in [0.3, 0.4) is 0 Å². The second kappa shape index (κ2) is 7.57. The lowest BCUT2D eigenvalue weighted by molar-refractivity contribution is -0.117. The molecule has 0 spiro atoms. The van der Waals surface area contributed by atoms with Crippen LogP contribution >= 0.6 is 0 Å². The van der Waals surface area contributed by atoms with E-state index in [1.807, 2.05) is 55.5 Å². The van der Waals surface area contributed by atoms with Crippen molar-refractivity contribution in [1.82, 2.24) is 20.6 Å². The van der Waals surface area contributed by atoms with E-state index in [0.29, 0.717) is 17.9 Å². The Morgan fingerprint density at radius 2 is 1.96 bits per heavy atom. The second-order valence-corrected chi connectivity index (χ2v) is 5.66. The third-order valence-electron chi connectivity index (χ3n) is 3.90. The third-order valence-corrected chi connectivity index (χ3v) is 3.90. The van der Waals surface area contributed by atoms with Gasteiger partial charge in [0.25, 0.3) is 0 Å². The molecule has 3 rings (SSSR count). The fourth-order valence-electron chi connectivity index (χ4n) is 2.55. The summed E-state index contributed by atoms with van der Waals surface area (Å²) in [7, 11) is 1.60. The number of amides is 1. The number of hydrogen-bond acceptors (Lipinski definition) is 5. The summed E-state index contributed by atoms with van der Waals surface area (Å²) in [5.74, 6) is 0.163. The van der Waals surface area contributed by atoms with Gasteiger partial charge in [0.1, 0.15) is 5.75 Å². The summed E-state index contributed by atoms with van der Waals surface area (Å²) in [6.07, 6.45) is 0.384. The summed E-state index contributed by atoms with van der Waals surface area (Å²) < 4.78 is 5.37. The Morgan fingerprint density at radius 3 is 2.64 bits per heavy atom. The maximum absolute atomic E-state index is 12.8. The van der Waals surface area contributed by atoms with Gasteiger partial charge in [-0.1, -0.05) is 35.9 Å². The highest BCUT2D eigenvalue weighted by molar-refractivity contribution is 5.95. The normalized spacial score (nSPS) is 11.8. The number of hydrogen-bond donors (Lipinski definition) is 1. The van der Waals surface area contributed by atoms with Crippen molar-refractivity contribution in [3.63, 3.8) is 0 Å². The number of aryl methyl sites for hydroxylation is 1. The van der Waals surface area contributed by atoms with Crippen molar-refractivity contribution in [1.29, 1.82) is 0 Å².